The van der Waals surface area contributed by atoms with E-state index in [1.54, 1.807) is 14.2 Å². The van der Waals surface area contributed by atoms with Crippen LogP contribution in [0, 0.1) is 0 Å². The molecule has 0 fully saturated rings. The normalized spacial score (nSPS) is 10.4. The van der Waals surface area contributed by atoms with Gasteiger partial charge in [0.2, 0.25) is 0 Å². The fourth-order valence-electron chi connectivity index (χ4n) is 2.07. The molecule has 0 spiro atoms. The van der Waals surface area contributed by atoms with Crippen molar-refractivity contribution in [1.29, 1.82) is 0 Å². The number of rotatable bonds is 5. The van der Waals surface area contributed by atoms with Crippen molar-refractivity contribution >= 4 is 23.0 Å². The van der Waals surface area contributed by atoms with Crippen LogP contribution in [0.15, 0.2) is 42.5 Å². The molecule has 106 valence electrons. The number of hydrogen-bond acceptors (Lipinski definition) is 3. The van der Waals surface area contributed by atoms with Crippen molar-refractivity contribution in [2.75, 3.05) is 26.2 Å². The summed E-state index contributed by atoms with van der Waals surface area (Å²) in [6.07, 6.45) is 0. The van der Waals surface area contributed by atoms with Crippen molar-refractivity contribution in [3.05, 3.63) is 53.1 Å². The van der Waals surface area contributed by atoms with Crippen molar-refractivity contribution in [1.82, 2.24) is 0 Å². The first kappa shape index (κ1) is 14.7. The van der Waals surface area contributed by atoms with Crippen molar-refractivity contribution in [3.63, 3.8) is 0 Å². The fourth-order valence-corrected chi connectivity index (χ4v) is 2.24. The molecule has 20 heavy (non-hydrogen) atoms. The van der Waals surface area contributed by atoms with Gasteiger partial charge >= 0.3 is 0 Å². The first-order valence-electron chi connectivity index (χ1n) is 6.31. The average molecular weight is 292 g/mol. The highest BCUT2D eigenvalue weighted by Gasteiger charge is 2.10. The van der Waals surface area contributed by atoms with Crippen LogP contribution in [0.5, 0.6) is 5.75 Å². The summed E-state index contributed by atoms with van der Waals surface area (Å²) < 4.78 is 10.4. The Labute approximate surface area is 124 Å². The summed E-state index contributed by atoms with van der Waals surface area (Å²) in [5, 5.41) is 0.709. The molecule has 4 heteroatoms. The molecule has 0 N–H and O–H groups in total. The van der Waals surface area contributed by atoms with Crippen LogP contribution in [0.4, 0.5) is 11.4 Å². The van der Waals surface area contributed by atoms with Crippen LogP contribution >= 0.6 is 11.6 Å². The maximum absolute atomic E-state index is 6.11. The summed E-state index contributed by atoms with van der Waals surface area (Å²) in [4.78, 5) is 2.08. The van der Waals surface area contributed by atoms with E-state index in [1.807, 2.05) is 49.5 Å². The molecular weight excluding hydrogens is 274 g/mol. The lowest BCUT2D eigenvalue weighted by Gasteiger charge is -2.23. The Morgan fingerprint density at radius 2 is 1.75 bits per heavy atom. The maximum Gasteiger partial charge on any atom is 0.119 e. The van der Waals surface area contributed by atoms with E-state index in [-0.39, 0.29) is 0 Å². The largest absolute Gasteiger partial charge is 0.497 e. The van der Waals surface area contributed by atoms with Gasteiger partial charge in [-0.05, 0) is 36.4 Å². The van der Waals surface area contributed by atoms with Crippen LogP contribution in [-0.4, -0.2) is 21.3 Å². The van der Waals surface area contributed by atoms with Crippen molar-refractivity contribution in [3.8, 4) is 5.75 Å². The molecule has 0 saturated carbocycles. The minimum absolute atomic E-state index is 0.549. The smallest absolute Gasteiger partial charge is 0.119 e. The van der Waals surface area contributed by atoms with Gasteiger partial charge in [-0.15, -0.1) is 0 Å². The Morgan fingerprint density at radius 3 is 2.35 bits per heavy atom. The first-order chi connectivity index (χ1) is 9.65. The standard InChI is InChI=1S/C16H18ClNO2/c1-18(14-6-8-15(20-3)9-7-14)16-10-13(17)5-4-12(16)11-19-2/h4-10H,11H2,1-3H3. The second-order valence-corrected chi connectivity index (χ2v) is 4.90. The Bertz CT molecular complexity index is 569. The highest BCUT2D eigenvalue weighted by molar-refractivity contribution is 6.30. The number of hydrogen-bond donors (Lipinski definition) is 0. The molecular formula is C16H18ClNO2. The van der Waals surface area contributed by atoms with E-state index >= 15 is 0 Å². The second-order valence-electron chi connectivity index (χ2n) is 4.46. The minimum atomic E-state index is 0.549. The van der Waals surface area contributed by atoms with Gasteiger partial charge < -0.3 is 14.4 Å². The lowest BCUT2D eigenvalue weighted by molar-refractivity contribution is 0.185. The summed E-state index contributed by atoms with van der Waals surface area (Å²) in [6, 6.07) is 13.7. The molecule has 2 rings (SSSR count). The van der Waals surface area contributed by atoms with Crippen molar-refractivity contribution in [2.24, 2.45) is 0 Å². The number of methoxy groups -OCH3 is 2. The van der Waals surface area contributed by atoms with E-state index in [9.17, 15) is 0 Å². The van der Waals surface area contributed by atoms with Gasteiger partial charge in [-0.3, -0.25) is 0 Å². The number of ether oxygens (including phenoxy) is 2. The SMILES string of the molecule is COCc1ccc(Cl)cc1N(C)c1ccc(OC)cc1. The highest BCUT2D eigenvalue weighted by Crippen LogP contribution is 2.31. The van der Waals surface area contributed by atoms with Gasteiger partial charge in [0.1, 0.15) is 5.75 Å². The summed E-state index contributed by atoms with van der Waals surface area (Å²) in [7, 11) is 5.35. The predicted octanol–water partition coefficient (Wildman–Crippen LogP) is 4.26. The molecule has 0 heterocycles. The molecule has 0 saturated heterocycles. The number of anilines is 2. The van der Waals surface area contributed by atoms with Gasteiger partial charge in [0.05, 0.1) is 13.7 Å². The van der Waals surface area contributed by atoms with Crippen LogP contribution in [0.2, 0.25) is 5.02 Å². The molecule has 0 atom stereocenters. The Balaban J connectivity index is 2.35. The molecule has 2 aromatic carbocycles. The molecule has 2 aromatic rings. The molecule has 0 amide bonds. The highest BCUT2D eigenvalue weighted by atomic mass is 35.5. The number of halogens is 1. The number of benzene rings is 2. The van der Waals surface area contributed by atoms with Gasteiger partial charge in [0, 0.05) is 36.1 Å². The Kier molecular flexibility index (Phi) is 4.88. The summed E-state index contributed by atoms with van der Waals surface area (Å²) in [6.45, 7) is 0.549. The van der Waals surface area contributed by atoms with Crippen LogP contribution in [0.3, 0.4) is 0 Å². The second kappa shape index (κ2) is 6.64. The van der Waals surface area contributed by atoms with Crippen LogP contribution in [0.1, 0.15) is 5.56 Å². The summed E-state index contributed by atoms with van der Waals surface area (Å²) >= 11 is 6.11. The van der Waals surface area contributed by atoms with E-state index in [0.717, 1.165) is 22.7 Å². The van der Waals surface area contributed by atoms with E-state index in [0.29, 0.717) is 11.6 Å². The predicted molar refractivity (Wildman–Crippen MR) is 83.2 cm³/mol. The molecule has 0 aromatic heterocycles. The van der Waals surface area contributed by atoms with Crippen LogP contribution in [-0.2, 0) is 11.3 Å². The minimum Gasteiger partial charge on any atom is -0.497 e. The molecule has 3 nitrogen and oxygen atoms in total. The van der Waals surface area contributed by atoms with E-state index in [4.69, 9.17) is 21.1 Å². The summed E-state index contributed by atoms with van der Waals surface area (Å²) in [5.74, 6) is 0.838. The number of nitrogens with zero attached hydrogens (tertiary/aromatic N) is 1. The van der Waals surface area contributed by atoms with Gasteiger partial charge in [-0.25, -0.2) is 0 Å². The molecule has 0 radical (unpaired) electrons. The first-order valence-corrected chi connectivity index (χ1v) is 6.68. The zero-order valence-corrected chi connectivity index (χ0v) is 12.6. The monoisotopic (exact) mass is 291 g/mol. The maximum atomic E-state index is 6.11. The third-order valence-electron chi connectivity index (χ3n) is 3.17. The quantitative estimate of drug-likeness (QED) is 0.821. The fraction of sp³-hybridized carbons (Fsp3) is 0.250. The van der Waals surface area contributed by atoms with Crippen molar-refractivity contribution in [2.45, 2.75) is 6.61 Å². The molecule has 0 bridgehead atoms. The Morgan fingerprint density at radius 1 is 1.05 bits per heavy atom. The van der Waals surface area contributed by atoms with Gasteiger partial charge in [0.25, 0.3) is 0 Å². The third-order valence-corrected chi connectivity index (χ3v) is 3.40. The van der Waals surface area contributed by atoms with Gasteiger partial charge in [-0.2, -0.15) is 0 Å². The van der Waals surface area contributed by atoms with E-state index < -0.39 is 0 Å². The van der Waals surface area contributed by atoms with Crippen molar-refractivity contribution < 1.29 is 9.47 Å². The molecule has 0 unspecified atom stereocenters. The zero-order chi connectivity index (χ0) is 14.5. The van der Waals surface area contributed by atoms with Gasteiger partial charge in [-0.1, -0.05) is 17.7 Å². The third kappa shape index (κ3) is 3.24. The zero-order valence-electron chi connectivity index (χ0n) is 11.9. The van der Waals surface area contributed by atoms with Gasteiger partial charge in [0.15, 0.2) is 0 Å². The lowest BCUT2D eigenvalue weighted by atomic mass is 10.1. The Hall–Kier alpha value is -1.71. The van der Waals surface area contributed by atoms with E-state index in [2.05, 4.69) is 4.90 Å². The molecule has 0 aliphatic rings. The van der Waals surface area contributed by atoms with Crippen LogP contribution < -0.4 is 9.64 Å². The topological polar surface area (TPSA) is 21.7 Å². The molecule has 0 aliphatic heterocycles. The lowest BCUT2D eigenvalue weighted by Crippen LogP contribution is -2.12. The molecule has 0 aliphatic carbocycles. The average Bonchev–Trinajstić information content (AvgIpc) is 2.48. The van der Waals surface area contributed by atoms with E-state index in [1.165, 1.54) is 0 Å². The summed E-state index contributed by atoms with van der Waals surface area (Å²) in [5.41, 5.74) is 3.19. The van der Waals surface area contributed by atoms with Crippen LogP contribution in [0.25, 0.3) is 0 Å².